The molecule has 0 radical (unpaired) electrons. The Labute approximate surface area is 117 Å². The van der Waals surface area contributed by atoms with Gasteiger partial charge in [-0.3, -0.25) is 0 Å². The van der Waals surface area contributed by atoms with Crippen molar-refractivity contribution in [3.05, 3.63) is 78.6 Å². The van der Waals surface area contributed by atoms with Gasteiger partial charge in [0.15, 0.2) is 0 Å². The molecule has 0 atom stereocenters. The lowest BCUT2D eigenvalue weighted by atomic mass is 9.98. The third-order valence-electron chi connectivity index (χ3n) is 3.27. The zero-order valence-electron chi connectivity index (χ0n) is 10.8. The normalized spacial score (nSPS) is 10.4. The molecule has 0 amide bonds. The van der Waals surface area contributed by atoms with Crippen LogP contribution in [0.25, 0.3) is 22.3 Å². The molecule has 0 fully saturated rings. The SMILES string of the molecule is Oc1ccccc1-c1cc(-c2ccccc2)ccc1F. The van der Waals surface area contributed by atoms with Crippen LogP contribution in [0.3, 0.4) is 0 Å². The molecule has 3 rings (SSSR count). The van der Waals surface area contributed by atoms with Gasteiger partial charge in [0.2, 0.25) is 0 Å². The summed E-state index contributed by atoms with van der Waals surface area (Å²) in [5, 5.41) is 9.88. The summed E-state index contributed by atoms with van der Waals surface area (Å²) in [4.78, 5) is 0. The lowest BCUT2D eigenvalue weighted by molar-refractivity contribution is 0.476. The third kappa shape index (κ3) is 2.28. The quantitative estimate of drug-likeness (QED) is 0.700. The maximum Gasteiger partial charge on any atom is 0.131 e. The highest BCUT2D eigenvalue weighted by Gasteiger charge is 2.10. The second-order valence-electron chi connectivity index (χ2n) is 4.58. The van der Waals surface area contributed by atoms with Crippen molar-refractivity contribution in [2.45, 2.75) is 0 Å². The number of hydrogen-bond acceptors (Lipinski definition) is 1. The van der Waals surface area contributed by atoms with Crippen LogP contribution >= 0.6 is 0 Å². The lowest BCUT2D eigenvalue weighted by Gasteiger charge is -2.09. The first-order valence-corrected chi connectivity index (χ1v) is 6.39. The molecular weight excluding hydrogens is 251 g/mol. The molecule has 0 aromatic heterocycles. The van der Waals surface area contributed by atoms with Crippen LogP contribution < -0.4 is 0 Å². The van der Waals surface area contributed by atoms with Gasteiger partial charge in [-0.25, -0.2) is 4.39 Å². The Bertz CT molecular complexity index is 735. The van der Waals surface area contributed by atoms with E-state index < -0.39 is 0 Å². The van der Waals surface area contributed by atoms with Gasteiger partial charge in [0.25, 0.3) is 0 Å². The molecule has 0 bridgehead atoms. The zero-order valence-corrected chi connectivity index (χ0v) is 10.8. The first-order chi connectivity index (χ1) is 9.75. The molecule has 2 heteroatoms. The van der Waals surface area contributed by atoms with Crippen LogP contribution in [0.1, 0.15) is 0 Å². The highest BCUT2D eigenvalue weighted by atomic mass is 19.1. The van der Waals surface area contributed by atoms with Gasteiger partial charge in [-0.15, -0.1) is 0 Å². The van der Waals surface area contributed by atoms with Crippen molar-refractivity contribution in [3.8, 4) is 28.0 Å². The molecule has 0 spiro atoms. The van der Waals surface area contributed by atoms with E-state index in [1.807, 2.05) is 30.3 Å². The van der Waals surface area contributed by atoms with E-state index in [0.717, 1.165) is 11.1 Å². The van der Waals surface area contributed by atoms with Crippen molar-refractivity contribution in [2.75, 3.05) is 0 Å². The predicted octanol–water partition coefficient (Wildman–Crippen LogP) is 4.87. The van der Waals surface area contributed by atoms with Crippen molar-refractivity contribution in [2.24, 2.45) is 0 Å². The number of benzene rings is 3. The molecule has 1 N–H and O–H groups in total. The van der Waals surface area contributed by atoms with Crippen LogP contribution in [-0.2, 0) is 0 Å². The molecule has 0 heterocycles. The second-order valence-corrected chi connectivity index (χ2v) is 4.58. The van der Waals surface area contributed by atoms with Crippen LogP contribution in [-0.4, -0.2) is 5.11 Å². The molecule has 20 heavy (non-hydrogen) atoms. The summed E-state index contributed by atoms with van der Waals surface area (Å²) in [6.07, 6.45) is 0. The molecule has 0 saturated heterocycles. The Kier molecular flexibility index (Phi) is 3.21. The summed E-state index contributed by atoms with van der Waals surface area (Å²) in [5.74, 6) is -0.261. The fourth-order valence-corrected chi connectivity index (χ4v) is 2.24. The van der Waals surface area contributed by atoms with Crippen LogP contribution in [0.4, 0.5) is 4.39 Å². The van der Waals surface area contributed by atoms with Crippen LogP contribution in [0.5, 0.6) is 5.75 Å². The van der Waals surface area contributed by atoms with E-state index >= 15 is 0 Å². The molecule has 0 aliphatic heterocycles. The summed E-state index contributed by atoms with van der Waals surface area (Å²) in [6, 6.07) is 21.5. The highest BCUT2D eigenvalue weighted by Crippen LogP contribution is 2.33. The predicted molar refractivity (Wildman–Crippen MR) is 78.9 cm³/mol. The Morgan fingerprint density at radius 3 is 2.10 bits per heavy atom. The summed E-state index contributed by atoms with van der Waals surface area (Å²) in [7, 11) is 0. The van der Waals surface area contributed by atoms with E-state index in [-0.39, 0.29) is 11.6 Å². The van der Waals surface area contributed by atoms with Gasteiger partial charge in [-0.2, -0.15) is 0 Å². The average Bonchev–Trinajstić information content (AvgIpc) is 2.49. The van der Waals surface area contributed by atoms with E-state index in [9.17, 15) is 9.50 Å². The number of halogens is 1. The van der Waals surface area contributed by atoms with Gasteiger partial charge in [-0.1, -0.05) is 54.6 Å². The zero-order chi connectivity index (χ0) is 13.9. The molecule has 0 saturated carbocycles. The monoisotopic (exact) mass is 264 g/mol. The number of phenolic OH excluding ortho intramolecular Hbond substituents is 1. The Hall–Kier alpha value is -2.61. The van der Waals surface area contributed by atoms with Crippen molar-refractivity contribution in [1.29, 1.82) is 0 Å². The largest absolute Gasteiger partial charge is 0.507 e. The Morgan fingerprint density at radius 1 is 0.650 bits per heavy atom. The topological polar surface area (TPSA) is 20.2 Å². The van der Waals surface area contributed by atoms with Crippen LogP contribution in [0.15, 0.2) is 72.8 Å². The maximum atomic E-state index is 14.0. The second kappa shape index (κ2) is 5.17. The van der Waals surface area contributed by atoms with Gasteiger partial charge < -0.3 is 5.11 Å². The fraction of sp³-hybridized carbons (Fsp3) is 0. The third-order valence-corrected chi connectivity index (χ3v) is 3.27. The van der Waals surface area contributed by atoms with Gasteiger partial charge in [-0.05, 0) is 29.3 Å². The minimum Gasteiger partial charge on any atom is -0.507 e. The van der Waals surface area contributed by atoms with Crippen molar-refractivity contribution in [3.63, 3.8) is 0 Å². The van der Waals surface area contributed by atoms with E-state index in [0.29, 0.717) is 11.1 Å². The number of phenols is 1. The molecule has 0 unspecified atom stereocenters. The van der Waals surface area contributed by atoms with E-state index in [2.05, 4.69) is 0 Å². The Morgan fingerprint density at radius 2 is 1.35 bits per heavy atom. The smallest absolute Gasteiger partial charge is 0.131 e. The summed E-state index contributed by atoms with van der Waals surface area (Å²) < 4.78 is 14.0. The summed E-state index contributed by atoms with van der Waals surface area (Å²) >= 11 is 0. The molecule has 0 aliphatic carbocycles. The number of aromatic hydroxyl groups is 1. The minimum absolute atomic E-state index is 0.0802. The van der Waals surface area contributed by atoms with E-state index in [1.54, 1.807) is 36.4 Å². The highest BCUT2D eigenvalue weighted by molar-refractivity contribution is 5.76. The van der Waals surface area contributed by atoms with Gasteiger partial charge >= 0.3 is 0 Å². The van der Waals surface area contributed by atoms with Crippen LogP contribution in [0, 0.1) is 5.82 Å². The minimum atomic E-state index is -0.341. The standard InChI is InChI=1S/C18H13FO/c19-17-11-10-14(13-6-2-1-3-7-13)12-16(17)15-8-4-5-9-18(15)20/h1-12,20H. The van der Waals surface area contributed by atoms with Gasteiger partial charge in [0.1, 0.15) is 11.6 Å². The van der Waals surface area contributed by atoms with Crippen molar-refractivity contribution >= 4 is 0 Å². The lowest BCUT2D eigenvalue weighted by Crippen LogP contribution is -1.87. The molecule has 3 aromatic carbocycles. The number of hydrogen-bond donors (Lipinski definition) is 1. The van der Waals surface area contributed by atoms with Gasteiger partial charge in [0.05, 0.1) is 0 Å². The Balaban J connectivity index is 2.15. The maximum absolute atomic E-state index is 14.0. The van der Waals surface area contributed by atoms with Crippen LogP contribution in [0.2, 0.25) is 0 Å². The molecule has 0 aliphatic rings. The van der Waals surface area contributed by atoms with E-state index in [4.69, 9.17) is 0 Å². The average molecular weight is 264 g/mol. The number of rotatable bonds is 2. The number of para-hydroxylation sites is 1. The van der Waals surface area contributed by atoms with E-state index in [1.165, 1.54) is 6.07 Å². The van der Waals surface area contributed by atoms with Crippen molar-refractivity contribution in [1.82, 2.24) is 0 Å². The summed E-state index contributed by atoms with van der Waals surface area (Å²) in [5.41, 5.74) is 2.85. The molecular formula is C18H13FO. The first-order valence-electron chi connectivity index (χ1n) is 6.39. The summed E-state index contributed by atoms with van der Waals surface area (Å²) in [6.45, 7) is 0. The fourth-order valence-electron chi connectivity index (χ4n) is 2.24. The first kappa shape index (κ1) is 12.4. The van der Waals surface area contributed by atoms with Gasteiger partial charge in [0, 0.05) is 11.1 Å². The molecule has 3 aromatic rings. The molecule has 98 valence electrons. The molecule has 1 nitrogen and oxygen atoms in total. The van der Waals surface area contributed by atoms with Crippen molar-refractivity contribution < 1.29 is 9.50 Å².